The summed E-state index contributed by atoms with van der Waals surface area (Å²) in [6.07, 6.45) is 4.08. The van der Waals surface area contributed by atoms with E-state index in [-0.39, 0.29) is 17.9 Å². The van der Waals surface area contributed by atoms with Crippen LogP contribution in [0.1, 0.15) is 31.2 Å². The van der Waals surface area contributed by atoms with E-state index in [1.807, 2.05) is 18.2 Å². The smallest absolute Gasteiger partial charge is 0.304 e. The van der Waals surface area contributed by atoms with Crippen LogP contribution in [-0.2, 0) is 11.2 Å². The highest BCUT2D eigenvalue weighted by Gasteiger charge is 2.38. The third kappa shape index (κ3) is 4.32. The first-order valence-electron chi connectivity index (χ1n) is 7.32. The molecule has 4 heteroatoms. The molecule has 0 amide bonds. The fourth-order valence-corrected chi connectivity index (χ4v) is 2.95. The summed E-state index contributed by atoms with van der Waals surface area (Å²) < 4.78 is 0. The summed E-state index contributed by atoms with van der Waals surface area (Å²) in [7, 11) is 0. The molecule has 1 aromatic carbocycles. The van der Waals surface area contributed by atoms with Crippen molar-refractivity contribution in [2.24, 2.45) is 11.1 Å². The summed E-state index contributed by atoms with van der Waals surface area (Å²) in [5.74, 6) is -0.694. The molecule has 1 unspecified atom stereocenters. The van der Waals surface area contributed by atoms with Gasteiger partial charge in [-0.3, -0.25) is 4.79 Å². The molecule has 0 spiro atoms. The average Bonchev–Trinajstić information content (AvgIpc) is 2.36. The predicted molar refractivity (Wildman–Crippen MR) is 79.5 cm³/mol. The number of nitrogens with one attached hydrogen (secondary N) is 1. The van der Waals surface area contributed by atoms with Crippen LogP contribution in [0, 0.1) is 5.41 Å². The number of carboxylic acids is 1. The summed E-state index contributed by atoms with van der Waals surface area (Å²) in [6, 6.07) is 10.4. The second-order valence-electron chi connectivity index (χ2n) is 6.02. The van der Waals surface area contributed by atoms with Crippen molar-refractivity contribution in [3.05, 3.63) is 35.9 Å². The molecule has 1 aromatic rings. The lowest BCUT2D eigenvalue weighted by Gasteiger charge is -2.42. The van der Waals surface area contributed by atoms with Gasteiger partial charge in [-0.25, -0.2) is 0 Å². The van der Waals surface area contributed by atoms with Crippen molar-refractivity contribution in [1.82, 2.24) is 5.32 Å². The van der Waals surface area contributed by atoms with Crippen LogP contribution in [0.5, 0.6) is 0 Å². The topological polar surface area (TPSA) is 75.4 Å². The molecule has 1 aliphatic rings. The third-order valence-corrected chi connectivity index (χ3v) is 4.15. The van der Waals surface area contributed by atoms with Gasteiger partial charge in [0.1, 0.15) is 0 Å². The highest BCUT2D eigenvalue weighted by atomic mass is 16.4. The molecule has 1 fully saturated rings. The Hall–Kier alpha value is -1.39. The molecular weight excluding hydrogens is 252 g/mol. The fourth-order valence-electron chi connectivity index (χ4n) is 2.95. The molecule has 1 saturated heterocycles. The third-order valence-electron chi connectivity index (χ3n) is 4.15. The van der Waals surface area contributed by atoms with Crippen molar-refractivity contribution < 1.29 is 9.90 Å². The van der Waals surface area contributed by atoms with Crippen molar-refractivity contribution in [2.75, 3.05) is 13.1 Å². The Bertz CT molecular complexity index is 429. The second-order valence-corrected chi connectivity index (χ2v) is 6.02. The molecule has 20 heavy (non-hydrogen) atoms. The van der Waals surface area contributed by atoms with Gasteiger partial charge in [0.15, 0.2) is 0 Å². The normalized spacial score (nSPS) is 18.2. The quantitative estimate of drug-likeness (QED) is 0.676. The van der Waals surface area contributed by atoms with Crippen LogP contribution in [0.3, 0.4) is 0 Å². The highest BCUT2D eigenvalue weighted by Crippen LogP contribution is 2.33. The molecule has 4 nitrogen and oxygen atoms in total. The van der Waals surface area contributed by atoms with Crippen LogP contribution < -0.4 is 11.1 Å². The molecule has 1 heterocycles. The van der Waals surface area contributed by atoms with Crippen molar-refractivity contribution >= 4 is 5.97 Å². The lowest BCUT2D eigenvalue weighted by Crippen LogP contribution is -2.54. The number of hydrogen-bond donors (Lipinski definition) is 3. The van der Waals surface area contributed by atoms with Gasteiger partial charge < -0.3 is 16.2 Å². The Labute approximate surface area is 120 Å². The zero-order valence-corrected chi connectivity index (χ0v) is 11.8. The van der Waals surface area contributed by atoms with E-state index in [0.29, 0.717) is 0 Å². The van der Waals surface area contributed by atoms with E-state index < -0.39 is 5.97 Å². The minimum absolute atomic E-state index is 0.0295. The molecule has 1 aliphatic heterocycles. The Morgan fingerprint density at radius 3 is 2.60 bits per heavy atom. The number of carboxylic acid groups (broad SMARTS) is 1. The maximum Gasteiger partial charge on any atom is 0.304 e. The molecule has 0 aliphatic carbocycles. The molecule has 0 bridgehead atoms. The monoisotopic (exact) mass is 276 g/mol. The molecule has 110 valence electrons. The van der Waals surface area contributed by atoms with Crippen LogP contribution in [0.4, 0.5) is 0 Å². The van der Waals surface area contributed by atoms with Crippen molar-refractivity contribution in [3.63, 3.8) is 0 Å². The van der Waals surface area contributed by atoms with Crippen LogP contribution in [0.25, 0.3) is 0 Å². The van der Waals surface area contributed by atoms with E-state index in [1.54, 1.807) is 0 Å². The van der Waals surface area contributed by atoms with Crippen molar-refractivity contribution in [2.45, 2.75) is 38.1 Å². The lowest BCUT2D eigenvalue weighted by atomic mass is 9.74. The first kappa shape index (κ1) is 15.0. The minimum atomic E-state index is -0.694. The van der Waals surface area contributed by atoms with E-state index >= 15 is 0 Å². The number of rotatable bonds is 8. The molecule has 4 N–H and O–H groups in total. The van der Waals surface area contributed by atoms with Crippen molar-refractivity contribution in [1.29, 1.82) is 0 Å². The van der Waals surface area contributed by atoms with Crippen molar-refractivity contribution in [3.8, 4) is 0 Å². The molecule has 1 atom stereocenters. The fraction of sp³-hybridized carbons (Fsp3) is 0.562. The molecule has 2 rings (SSSR count). The van der Waals surface area contributed by atoms with Crippen LogP contribution in [0.2, 0.25) is 0 Å². The number of hydrogen-bond acceptors (Lipinski definition) is 3. The zero-order valence-electron chi connectivity index (χ0n) is 11.8. The van der Waals surface area contributed by atoms with E-state index in [4.69, 9.17) is 10.8 Å². The van der Waals surface area contributed by atoms with Gasteiger partial charge in [0.05, 0.1) is 6.42 Å². The summed E-state index contributed by atoms with van der Waals surface area (Å²) >= 11 is 0. The summed E-state index contributed by atoms with van der Waals surface area (Å²) in [4.78, 5) is 10.9. The maximum absolute atomic E-state index is 10.9. The van der Waals surface area contributed by atoms with Gasteiger partial charge in [0.2, 0.25) is 0 Å². The van der Waals surface area contributed by atoms with E-state index in [2.05, 4.69) is 17.4 Å². The van der Waals surface area contributed by atoms with E-state index in [0.717, 1.165) is 38.8 Å². The molecular formula is C16H24N2O2. The van der Waals surface area contributed by atoms with Crippen LogP contribution >= 0.6 is 0 Å². The predicted octanol–water partition coefficient (Wildman–Crippen LogP) is 1.79. The van der Waals surface area contributed by atoms with Crippen LogP contribution in [-0.4, -0.2) is 30.2 Å². The van der Waals surface area contributed by atoms with E-state index in [1.165, 1.54) is 5.56 Å². The van der Waals surface area contributed by atoms with Gasteiger partial charge >= 0.3 is 5.97 Å². The summed E-state index contributed by atoms with van der Waals surface area (Å²) in [6.45, 7) is 1.65. The highest BCUT2D eigenvalue weighted by molar-refractivity contribution is 5.68. The average molecular weight is 276 g/mol. The van der Waals surface area contributed by atoms with Gasteiger partial charge in [-0.1, -0.05) is 36.8 Å². The maximum atomic E-state index is 10.9. The second kappa shape index (κ2) is 6.86. The summed E-state index contributed by atoms with van der Waals surface area (Å²) in [5.41, 5.74) is 7.40. The minimum Gasteiger partial charge on any atom is -0.481 e. The van der Waals surface area contributed by atoms with E-state index in [9.17, 15) is 4.79 Å². The number of aliphatic carboxylic acids is 1. The molecule has 0 radical (unpaired) electrons. The van der Waals surface area contributed by atoms with Crippen LogP contribution in [0.15, 0.2) is 30.3 Å². The first-order chi connectivity index (χ1) is 9.60. The summed E-state index contributed by atoms with van der Waals surface area (Å²) in [5, 5.41) is 12.2. The van der Waals surface area contributed by atoms with Gasteiger partial charge in [-0.15, -0.1) is 0 Å². The Balaban J connectivity index is 1.71. The SMILES string of the molecule is NC(CCCC1(CC(=O)O)CNC1)Cc1ccccc1. The van der Waals surface area contributed by atoms with Gasteiger partial charge in [0.25, 0.3) is 0 Å². The molecule has 0 saturated carbocycles. The largest absolute Gasteiger partial charge is 0.481 e. The number of nitrogens with two attached hydrogens (primary N) is 1. The zero-order chi connectivity index (χ0) is 14.4. The lowest BCUT2D eigenvalue weighted by molar-refractivity contribution is -0.140. The first-order valence-corrected chi connectivity index (χ1v) is 7.32. The Morgan fingerprint density at radius 1 is 1.35 bits per heavy atom. The standard InChI is InChI=1S/C16H24N2O2/c17-14(9-13-5-2-1-3-6-13)7-4-8-16(10-15(19)20)11-18-12-16/h1-3,5-6,14,18H,4,7-12,17H2,(H,19,20). The Morgan fingerprint density at radius 2 is 2.05 bits per heavy atom. The number of benzene rings is 1. The Kier molecular flexibility index (Phi) is 5.15. The van der Waals surface area contributed by atoms with Gasteiger partial charge in [0, 0.05) is 24.5 Å². The molecule has 0 aromatic heterocycles. The van der Waals surface area contributed by atoms with Gasteiger partial charge in [-0.2, -0.15) is 0 Å². The number of carbonyl (C=O) groups is 1. The van der Waals surface area contributed by atoms with Gasteiger partial charge in [-0.05, 0) is 24.8 Å².